The van der Waals surface area contributed by atoms with E-state index in [1.54, 1.807) is 11.1 Å². The fraction of sp³-hybridized carbons (Fsp3) is 0.167. The largest absolute Gasteiger partial charge is 0.0836 e. The summed E-state index contributed by atoms with van der Waals surface area (Å²) in [5, 5.41) is 2.82. The summed E-state index contributed by atoms with van der Waals surface area (Å²) in [6.07, 6.45) is 9.61. The predicted octanol–water partition coefficient (Wildman–Crippen LogP) is 6.58. The van der Waals surface area contributed by atoms with Crippen molar-refractivity contribution in [3.63, 3.8) is 0 Å². The monoisotopic (exact) mass is 310 g/mol. The zero-order valence-corrected chi connectivity index (χ0v) is 13.9. The lowest BCUT2D eigenvalue weighted by Crippen LogP contribution is -2.06. The molecular weight excluding hydrogens is 288 g/mol. The minimum atomic E-state index is 1.21. The molecular formula is C24H22. The van der Waals surface area contributed by atoms with Gasteiger partial charge in [0.1, 0.15) is 0 Å². The van der Waals surface area contributed by atoms with Crippen molar-refractivity contribution in [1.82, 2.24) is 0 Å². The molecule has 0 radical (unpaired) electrons. The van der Waals surface area contributed by atoms with Gasteiger partial charge in [-0.3, -0.25) is 0 Å². The highest BCUT2D eigenvalue weighted by molar-refractivity contribution is 5.93. The van der Waals surface area contributed by atoms with Crippen LogP contribution in [0.1, 0.15) is 30.4 Å². The molecule has 0 amide bonds. The third-order valence-corrected chi connectivity index (χ3v) is 4.95. The molecule has 0 aliphatic heterocycles. The number of hydrogen-bond acceptors (Lipinski definition) is 0. The maximum atomic E-state index is 2.34. The van der Waals surface area contributed by atoms with Gasteiger partial charge in [0, 0.05) is 0 Å². The lowest BCUT2D eigenvalue weighted by Gasteiger charge is -2.25. The topological polar surface area (TPSA) is 0 Å². The van der Waals surface area contributed by atoms with Crippen LogP contribution in [0.2, 0.25) is 0 Å². The number of rotatable bonds is 0. The van der Waals surface area contributed by atoms with Crippen LogP contribution in [0.25, 0.3) is 16.3 Å². The quantitative estimate of drug-likeness (QED) is 0.440. The highest BCUT2D eigenvalue weighted by Crippen LogP contribution is 2.39. The minimum absolute atomic E-state index is 1.21. The second kappa shape index (κ2) is 6.88. The van der Waals surface area contributed by atoms with E-state index in [0.717, 1.165) is 0 Å². The first kappa shape index (κ1) is 15.0. The van der Waals surface area contributed by atoms with Crippen molar-refractivity contribution in [3.8, 4) is 0 Å². The fourth-order valence-electron chi connectivity index (χ4n) is 3.77. The number of hydrogen-bond donors (Lipinski definition) is 0. The second-order valence-corrected chi connectivity index (χ2v) is 6.43. The van der Waals surface area contributed by atoms with Crippen LogP contribution in [0.4, 0.5) is 0 Å². The van der Waals surface area contributed by atoms with Gasteiger partial charge in [0.2, 0.25) is 0 Å². The smallest absolute Gasteiger partial charge is 0.0146 e. The molecule has 0 saturated heterocycles. The summed E-state index contributed by atoms with van der Waals surface area (Å²) in [5.74, 6) is 0. The van der Waals surface area contributed by atoms with Crippen molar-refractivity contribution in [2.75, 3.05) is 0 Å². The Morgan fingerprint density at radius 3 is 2.17 bits per heavy atom. The molecule has 0 bridgehead atoms. The van der Waals surface area contributed by atoms with E-state index in [-0.39, 0.29) is 0 Å². The molecule has 3 aromatic rings. The van der Waals surface area contributed by atoms with Crippen LogP contribution in [0, 0.1) is 0 Å². The van der Waals surface area contributed by atoms with E-state index in [4.69, 9.17) is 0 Å². The van der Waals surface area contributed by atoms with Gasteiger partial charge in [0.05, 0.1) is 0 Å². The van der Waals surface area contributed by atoms with Gasteiger partial charge in [0.15, 0.2) is 0 Å². The van der Waals surface area contributed by atoms with Gasteiger partial charge in [-0.1, -0.05) is 90.5 Å². The van der Waals surface area contributed by atoms with E-state index in [9.17, 15) is 0 Å². The van der Waals surface area contributed by atoms with Crippen molar-refractivity contribution in [2.45, 2.75) is 25.7 Å². The van der Waals surface area contributed by atoms with E-state index >= 15 is 0 Å². The van der Waals surface area contributed by atoms with Gasteiger partial charge in [-0.15, -0.1) is 0 Å². The third kappa shape index (κ3) is 2.92. The van der Waals surface area contributed by atoms with Crippen LogP contribution < -0.4 is 0 Å². The van der Waals surface area contributed by atoms with Crippen LogP contribution >= 0.6 is 0 Å². The minimum Gasteiger partial charge on any atom is -0.0836 e. The maximum Gasteiger partial charge on any atom is -0.0146 e. The second-order valence-electron chi connectivity index (χ2n) is 6.43. The van der Waals surface area contributed by atoms with Crippen molar-refractivity contribution < 1.29 is 0 Å². The Labute approximate surface area is 144 Å². The van der Waals surface area contributed by atoms with Crippen LogP contribution in [-0.2, 0) is 6.42 Å². The van der Waals surface area contributed by atoms with Crippen molar-refractivity contribution in [2.24, 2.45) is 0 Å². The van der Waals surface area contributed by atoms with Gasteiger partial charge in [-0.05, 0) is 53.2 Å². The summed E-state index contributed by atoms with van der Waals surface area (Å²) in [6.45, 7) is 0. The number of allylic oxidation sites excluding steroid dienone is 4. The van der Waals surface area contributed by atoms with Crippen LogP contribution in [0.3, 0.4) is 0 Å². The molecule has 0 heteroatoms. The summed E-state index contributed by atoms with van der Waals surface area (Å²) in [6, 6.07) is 25.4. The lowest BCUT2D eigenvalue weighted by atomic mass is 9.80. The Bertz CT molecular complexity index is 871. The van der Waals surface area contributed by atoms with E-state index in [1.165, 1.54) is 47.6 Å². The molecule has 2 aliphatic rings. The molecule has 5 rings (SSSR count). The first-order valence-corrected chi connectivity index (χ1v) is 8.83. The van der Waals surface area contributed by atoms with Crippen molar-refractivity contribution >= 4 is 16.3 Å². The molecule has 3 aromatic carbocycles. The molecule has 0 atom stereocenters. The normalized spacial score (nSPS) is 15.3. The van der Waals surface area contributed by atoms with Crippen molar-refractivity contribution in [3.05, 3.63) is 102 Å². The van der Waals surface area contributed by atoms with Gasteiger partial charge in [0.25, 0.3) is 0 Å². The van der Waals surface area contributed by atoms with Gasteiger partial charge in [-0.25, -0.2) is 0 Å². The summed E-state index contributed by atoms with van der Waals surface area (Å²) in [4.78, 5) is 0. The summed E-state index contributed by atoms with van der Waals surface area (Å²) >= 11 is 0. The SMILES string of the molecule is C1=CC2=C(CC1)CCc1c2ccc2ccccc12.c1ccccc1. The first-order valence-electron chi connectivity index (χ1n) is 8.83. The number of benzene rings is 3. The predicted molar refractivity (Wildman–Crippen MR) is 104 cm³/mol. The Morgan fingerprint density at radius 1 is 0.625 bits per heavy atom. The summed E-state index contributed by atoms with van der Waals surface area (Å²) < 4.78 is 0. The van der Waals surface area contributed by atoms with Crippen LogP contribution in [0.5, 0.6) is 0 Å². The van der Waals surface area contributed by atoms with Gasteiger partial charge in [-0.2, -0.15) is 0 Å². The Hall–Kier alpha value is -2.60. The Kier molecular flexibility index (Phi) is 4.29. The first-order chi connectivity index (χ1) is 11.9. The van der Waals surface area contributed by atoms with Gasteiger partial charge >= 0.3 is 0 Å². The average Bonchev–Trinajstić information content (AvgIpc) is 2.69. The molecule has 0 spiro atoms. The summed E-state index contributed by atoms with van der Waals surface area (Å²) in [5.41, 5.74) is 6.21. The van der Waals surface area contributed by atoms with Crippen LogP contribution in [0.15, 0.2) is 90.5 Å². The van der Waals surface area contributed by atoms with Crippen molar-refractivity contribution in [1.29, 1.82) is 0 Å². The Morgan fingerprint density at radius 2 is 1.38 bits per heavy atom. The summed E-state index contributed by atoms with van der Waals surface area (Å²) in [7, 11) is 0. The standard InChI is InChI=1S/C18H16.C6H6/c1-3-7-15-13(5-1)9-11-18-16-8-4-2-6-14(16)10-12-17(15)18;1-2-4-6-5-3-1/h1,3-5,7-9,11H,2,6,10,12H2;1-6H. The molecule has 0 unspecified atom stereocenters. The zero-order valence-electron chi connectivity index (χ0n) is 13.9. The molecule has 0 saturated carbocycles. The van der Waals surface area contributed by atoms with E-state index in [0.29, 0.717) is 0 Å². The molecule has 0 nitrogen and oxygen atoms in total. The molecule has 0 aromatic heterocycles. The lowest BCUT2D eigenvalue weighted by molar-refractivity contribution is 0.831. The molecule has 0 fully saturated rings. The average molecular weight is 310 g/mol. The van der Waals surface area contributed by atoms with Gasteiger partial charge < -0.3 is 0 Å². The third-order valence-electron chi connectivity index (χ3n) is 4.95. The number of fused-ring (bicyclic) bond motifs is 4. The highest BCUT2D eigenvalue weighted by atomic mass is 14.2. The van der Waals surface area contributed by atoms with E-state index in [1.807, 2.05) is 36.4 Å². The zero-order chi connectivity index (χ0) is 16.2. The number of aryl methyl sites for hydroxylation is 1. The van der Waals surface area contributed by atoms with E-state index in [2.05, 4.69) is 48.6 Å². The highest BCUT2D eigenvalue weighted by Gasteiger charge is 2.20. The molecule has 24 heavy (non-hydrogen) atoms. The Balaban J connectivity index is 0.000000207. The molecule has 0 N–H and O–H groups in total. The molecule has 0 heterocycles. The molecule has 2 aliphatic carbocycles. The fourth-order valence-corrected chi connectivity index (χ4v) is 3.77. The van der Waals surface area contributed by atoms with E-state index < -0.39 is 0 Å². The van der Waals surface area contributed by atoms with Crippen LogP contribution in [-0.4, -0.2) is 0 Å². The molecule has 118 valence electrons. The maximum absolute atomic E-state index is 2.34.